The number of carbonyl (C=O) groups is 1. The third kappa shape index (κ3) is 4.76. The average Bonchev–Trinajstić information content (AvgIpc) is 2.66. The highest BCUT2D eigenvalue weighted by Gasteiger charge is 2.26. The van der Waals surface area contributed by atoms with Crippen LogP contribution in [0.2, 0.25) is 0 Å². The van der Waals surface area contributed by atoms with Gasteiger partial charge in [0, 0.05) is 6.07 Å². The second-order valence-electron chi connectivity index (χ2n) is 8.43. The van der Waals surface area contributed by atoms with E-state index in [1.54, 1.807) is 34.6 Å². The van der Waals surface area contributed by atoms with Crippen LogP contribution in [0.15, 0.2) is 35.1 Å². The summed E-state index contributed by atoms with van der Waals surface area (Å²) in [5.74, 6) is -2.66. The van der Waals surface area contributed by atoms with E-state index in [4.69, 9.17) is 4.74 Å². The highest BCUT2D eigenvalue weighted by atomic mass is 19.1. The molecule has 1 amide bonds. The predicted octanol–water partition coefficient (Wildman–Crippen LogP) is 5.09. The van der Waals surface area contributed by atoms with Gasteiger partial charge in [0.1, 0.15) is 34.3 Å². The lowest BCUT2D eigenvalue weighted by atomic mass is 10.1. The SMILES string of the molecule is CC[C@H](NC(=O)OC(C)(C)C)c1nc2c(C)ccc(F)c2c(=O)n1-c1cc(F)cc(F)c1. The van der Waals surface area contributed by atoms with Crippen LogP contribution in [0.25, 0.3) is 16.6 Å². The van der Waals surface area contributed by atoms with E-state index in [1.807, 2.05) is 0 Å². The fraction of sp³-hybridized carbons (Fsp3) is 0.348. The minimum atomic E-state index is -0.921. The summed E-state index contributed by atoms with van der Waals surface area (Å²) in [7, 11) is 0. The maximum absolute atomic E-state index is 14.6. The van der Waals surface area contributed by atoms with Gasteiger partial charge in [0.25, 0.3) is 5.56 Å². The van der Waals surface area contributed by atoms with Crippen molar-refractivity contribution in [1.29, 1.82) is 0 Å². The third-order valence-corrected chi connectivity index (χ3v) is 4.72. The molecule has 1 atom stereocenters. The second-order valence-corrected chi connectivity index (χ2v) is 8.43. The molecule has 0 bridgehead atoms. The Kier molecular flexibility index (Phi) is 6.29. The van der Waals surface area contributed by atoms with Gasteiger partial charge in [0.15, 0.2) is 0 Å². The van der Waals surface area contributed by atoms with Gasteiger partial charge in [0.2, 0.25) is 0 Å². The first kappa shape index (κ1) is 23.3. The van der Waals surface area contributed by atoms with Crippen molar-refractivity contribution >= 4 is 17.0 Å². The molecule has 0 aliphatic carbocycles. The first-order chi connectivity index (χ1) is 14.9. The molecule has 1 N–H and O–H groups in total. The second kappa shape index (κ2) is 8.64. The lowest BCUT2D eigenvalue weighted by molar-refractivity contribution is 0.0499. The monoisotopic (exact) mass is 447 g/mol. The van der Waals surface area contributed by atoms with Gasteiger partial charge in [-0.1, -0.05) is 13.0 Å². The number of nitrogens with one attached hydrogen (secondary N) is 1. The number of aromatic nitrogens is 2. The minimum Gasteiger partial charge on any atom is -0.444 e. The van der Waals surface area contributed by atoms with Crippen molar-refractivity contribution in [2.24, 2.45) is 0 Å². The molecule has 1 aromatic heterocycles. The molecule has 3 aromatic rings. The zero-order chi connectivity index (χ0) is 23.8. The van der Waals surface area contributed by atoms with E-state index in [9.17, 15) is 22.8 Å². The van der Waals surface area contributed by atoms with Crippen molar-refractivity contribution < 1.29 is 22.7 Å². The van der Waals surface area contributed by atoms with Gasteiger partial charge in [-0.3, -0.25) is 9.36 Å². The highest BCUT2D eigenvalue weighted by molar-refractivity contribution is 5.82. The molecule has 32 heavy (non-hydrogen) atoms. The molecule has 0 saturated heterocycles. The Morgan fingerprint density at radius 3 is 2.34 bits per heavy atom. The largest absolute Gasteiger partial charge is 0.444 e. The maximum atomic E-state index is 14.6. The third-order valence-electron chi connectivity index (χ3n) is 4.72. The Hall–Kier alpha value is -3.36. The van der Waals surface area contributed by atoms with Gasteiger partial charge in [0.05, 0.1) is 17.2 Å². The number of benzene rings is 2. The standard InChI is InChI=1S/C23H24F3N3O3/c1-6-17(27-22(31)32-23(3,4)5)20-28-19-12(2)7-8-16(26)18(19)21(30)29(20)15-10-13(24)9-14(25)11-15/h7-11,17H,6H2,1-5H3,(H,27,31)/t17-/m0/s1. The number of carbonyl (C=O) groups excluding carboxylic acids is 1. The number of hydrogen-bond donors (Lipinski definition) is 1. The van der Waals surface area contributed by atoms with Crippen LogP contribution in [0.3, 0.4) is 0 Å². The zero-order valence-corrected chi connectivity index (χ0v) is 18.4. The summed E-state index contributed by atoms with van der Waals surface area (Å²) in [6.45, 7) is 8.47. The van der Waals surface area contributed by atoms with Crippen LogP contribution in [0.5, 0.6) is 0 Å². The number of ether oxygens (including phenoxy) is 1. The van der Waals surface area contributed by atoms with Crippen LogP contribution in [0.4, 0.5) is 18.0 Å². The van der Waals surface area contributed by atoms with Crippen LogP contribution in [0.1, 0.15) is 51.5 Å². The molecule has 6 nitrogen and oxygen atoms in total. The summed E-state index contributed by atoms with van der Waals surface area (Å²) in [4.78, 5) is 30.2. The summed E-state index contributed by atoms with van der Waals surface area (Å²) < 4.78 is 48.8. The Morgan fingerprint density at radius 1 is 1.16 bits per heavy atom. The smallest absolute Gasteiger partial charge is 0.408 e. The van der Waals surface area contributed by atoms with Crippen LogP contribution >= 0.6 is 0 Å². The molecule has 170 valence electrons. The van der Waals surface area contributed by atoms with Crippen LogP contribution in [-0.4, -0.2) is 21.2 Å². The van der Waals surface area contributed by atoms with Crippen molar-refractivity contribution in [3.63, 3.8) is 0 Å². The van der Waals surface area contributed by atoms with E-state index in [-0.39, 0.29) is 28.8 Å². The first-order valence-electron chi connectivity index (χ1n) is 10.1. The van der Waals surface area contributed by atoms with Crippen LogP contribution in [-0.2, 0) is 4.74 Å². The number of rotatable bonds is 4. The fourth-order valence-corrected chi connectivity index (χ4v) is 3.35. The number of fused-ring (bicyclic) bond motifs is 1. The number of alkyl carbamates (subject to hydrolysis) is 1. The molecule has 0 radical (unpaired) electrons. The van der Waals surface area contributed by atoms with Gasteiger partial charge < -0.3 is 10.1 Å². The van der Waals surface area contributed by atoms with Gasteiger partial charge >= 0.3 is 6.09 Å². The lowest BCUT2D eigenvalue weighted by Crippen LogP contribution is -2.38. The summed E-state index contributed by atoms with van der Waals surface area (Å²) >= 11 is 0. The number of amides is 1. The molecule has 9 heteroatoms. The normalized spacial score (nSPS) is 12.6. The van der Waals surface area contributed by atoms with Crippen LogP contribution < -0.4 is 10.9 Å². The quantitative estimate of drug-likeness (QED) is 0.605. The lowest BCUT2D eigenvalue weighted by Gasteiger charge is -2.25. The number of halogens is 3. The molecule has 0 saturated carbocycles. The topological polar surface area (TPSA) is 73.2 Å². The van der Waals surface area contributed by atoms with Gasteiger partial charge in [-0.15, -0.1) is 0 Å². The summed E-state index contributed by atoms with van der Waals surface area (Å²) in [5.41, 5.74) is -1.17. The molecule has 1 heterocycles. The van der Waals surface area contributed by atoms with Crippen molar-refractivity contribution in [1.82, 2.24) is 14.9 Å². The molecular weight excluding hydrogens is 423 g/mol. The van der Waals surface area contributed by atoms with Gasteiger partial charge in [-0.25, -0.2) is 22.9 Å². The van der Waals surface area contributed by atoms with E-state index in [0.717, 1.165) is 22.8 Å². The number of hydrogen-bond acceptors (Lipinski definition) is 4. The Bertz CT molecular complexity index is 1230. The summed E-state index contributed by atoms with van der Waals surface area (Å²) in [6.07, 6.45) is -0.491. The van der Waals surface area contributed by atoms with E-state index in [0.29, 0.717) is 11.6 Å². The molecule has 0 unspecified atom stereocenters. The van der Waals surface area contributed by atoms with Crippen LogP contribution in [0, 0.1) is 24.4 Å². The highest BCUT2D eigenvalue weighted by Crippen LogP contribution is 2.24. The number of nitrogens with zero attached hydrogens (tertiary/aromatic N) is 2. The van der Waals surface area contributed by atoms with Crippen molar-refractivity contribution in [3.8, 4) is 5.69 Å². The first-order valence-corrected chi connectivity index (χ1v) is 10.1. The van der Waals surface area contributed by atoms with E-state index in [1.165, 1.54) is 6.07 Å². The van der Waals surface area contributed by atoms with Crippen molar-refractivity contribution in [2.75, 3.05) is 0 Å². The minimum absolute atomic E-state index is 0.00504. The number of aryl methyl sites for hydroxylation is 1. The summed E-state index contributed by atoms with van der Waals surface area (Å²) in [5, 5.41) is 2.33. The molecule has 0 spiro atoms. The van der Waals surface area contributed by atoms with Gasteiger partial charge in [-0.05, 0) is 57.9 Å². The van der Waals surface area contributed by atoms with Gasteiger partial charge in [-0.2, -0.15) is 0 Å². The molecule has 0 aliphatic rings. The molecule has 0 fully saturated rings. The molecule has 0 aliphatic heterocycles. The van der Waals surface area contributed by atoms with Crippen molar-refractivity contribution in [2.45, 2.75) is 52.7 Å². The Balaban J connectivity index is 2.31. The van der Waals surface area contributed by atoms with E-state index < -0.39 is 40.7 Å². The Morgan fingerprint density at radius 2 is 1.78 bits per heavy atom. The average molecular weight is 447 g/mol. The van der Waals surface area contributed by atoms with E-state index in [2.05, 4.69) is 10.3 Å². The molecular formula is C23H24F3N3O3. The van der Waals surface area contributed by atoms with E-state index >= 15 is 0 Å². The molecule has 2 aromatic carbocycles. The summed E-state index contributed by atoms with van der Waals surface area (Å²) in [6, 6.07) is 4.28. The van der Waals surface area contributed by atoms with Crippen molar-refractivity contribution in [3.05, 3.63) is 69.5 Å². The fourth-order valence-electron chi connectivity index (χ4n) is 3.35. The predicted molar refractivity (Wildman–Crippen MR) is 114 cm³/mol. The molecule has 3 rings (SSSR count). The zero-order valence-electron chi connectivity index (χ0n) is 18.4. The Labute approximate surface area is 183 Å². The maximum Gasteiger partial charge on any atom is 0.408 e.